The average molecular weight is 396 g/mol. The fraction of sp³-hybridized carbons (Fsp3) is 0.316. The lowest BCUT2D eigenvalue weighted by Gasteiger charge is -2.14. The summed E-state index contributed by atoms with van der Waals surface area (Å²) < 4.78 is 5.37. The number of anilines is 1. The number of rotatable bonds is 8. The predicted molar refractivity (Wildman–Crippen MR) is 111 cm³/mol. The number of benzene rings is 2. The second-order valence-corrected chi connectivity index (χ2v) is 6.22. The highest BCUT2D eigenvalue weighted by atomic mass is 35.5. The molecule has 140 valence electrons. The zero-order valence-electron chi connectivity index (χ0n) is 14.6. The van der Waals surface area contributed by atoms with E-state index in [0.717, 1.165) is 52.8 Å². The number of hydrogen-bond donors (Lipinski definition) is 3. The molecular formula is C19H23Cl2N3O2. The Labute approximate surface area is 164 Å². The molecule has 0 aliphatic heterocycles. The summed E-state index contributed by atoms with van der Waals surface area (Å²) in [6.45, 7) is 2.45. The molecule has 0 aliphatic rings. The summed E-state index contributed by atoms with van der Waals surface area (Å²) in [7, 11) is 1.66. The van der Waals surface area contributed by atoms with Crippen LogP contribution in [0.25, 0.3) is 21.8 Å². The maximum Gasteiger partial charge on any atom is 0.119 e. The lowest BCUT2D eigenvalue weighted by molar-refractivity contribution is 0.292. The highest BCUT2D eigenvalue weighted by Crippen LogP contribution is 2.34. The van der Waals surface area contributed by atoms with Crippen LogP contribution in [0.5, 0.6) is 5.75 Å². The molecule has 0 aliphatic carbocycles. The van der Waals surface area contributed by atoms with Gasteiger partial charge in [-0.2, -0.15) is 0 Å². The minimum absolute atomic E-state index is 0. The first kappa shape index (κ1) is 20.5. The van der Waals surface area contributed by atoms with E-state index in [1.165, 1.54) is 0 Å². The highest BCUT2D eigenvalue weighted by molar-refractivity contribution is 6.31. The molecule has 0 fully saturated rings. The molecule has 7 heteroatoms. The van der Waals surface area contributed by atoms with Crippen molar-refractivity contribution in [2.24, 2.45) is 0 Å². The SMILES string of the molecule is COc1ccc2nc3cc(Cl)ccc3c(NCCCNCCO)c2c1.Cl. The quantitative estimate of drug-likeness (QED) is 0.399. The maximum absolute atomic E-state index is 8.80. The standard InChI is InChI=1S/C19H22ClN3O2.ClH/c1-25-14-4-6-17-16(12-14)19(22-8-2-7-21-9-10-24)15-5-3-13(20)11-18(15)23-17;/h3-6,11-12,21,24H,2,7-10H2,1H3,(H,22,23);1H. The van der Waals surface area contributed by atoms with Gasteiger partial charge in [0, 0.05) is 28.9 Å². The van der Waals surface area contributed by atoms with Gasteiger partial charge >= 0.3 is 0 Å². The zero-order valence-corrected chi connectivity index (χ0v) is 16.2. The van der Waals surface area contributed by atoms with Crippen molar-refractivity contribution in [2.75, 3.05) is 38.7 Å². The number of nitrogens with zero attached hydrogens (tertiary/aromatic N) is 1. The van der Waals surface area contributed by atoms with Gasteiger partial charge in [0.05, 0.1) is 30.4 Å². The van der Waals surface area contributed by atoms with Gasteiger partial charge in [0.2, 0.25) is 0 Å². The molecule has 0 saturated heterocycles. The molecular weight excluding hydrogens is 373 g/mol. The third-order valence-electron chi connectivity index (χ3n) is 4.06. The van der Waals surface area contributed by atoms with Crippen LogP contribution < -0.4 is 15.4 Å². The lowest BCUT2D eigenvalue weighted by Crippen LogP contribution is -2.21. The van der Waals surface area contributed by atoms with Crippen molar-refractivity contribution in [1.82, 2.24) is 10.3 Å². The van der Waals surface area contributed by atoms with Gasteiger partial charge in [-0.25, -0.2) is 4.98 Å². The Morgan fingerprint density at radius 2 is 1.88 bits per heavy atom. The van der Waals surface area contributed by atoms with Crippen LogP contribution in [0.1, 0.15) is 6.42 Å². The third-order valence-corrected chi connectivity index (χ3v) is 4.30. The largest absolute Gasteiger partial charge is 0.497 e. The maximum atomic E-state index is 8.80. The highest BCUT2D eigenvalue weighted by Gasteiger charge is 2.10. The number of halogens is 2. The van der Waals surface area contributed by atoms with Crippen LogP contribution in [0.15, 0.2) is 36.4 Å². The number of aromatic nitrogens is 1. The van der Waals surface area contributed by atoms with Gasteiger partial charge in [-0.3, -0.25) is 0 Å². The van der Waals surface area contributed by atoms with E-state index in [0.29, 0.717) is 11.6 Å². The zero-order chi connectivity index (χ0) is 17.6. The Balaban J connectivity index is 0.00000243. The molecule has 0 amide bonds. The molecule has 3 rings (SSSR count). The molecule has 2 aromatic carbocycles. The van der Waals surface area contributed by atoms with Crippen molar-refractivity contribution in [3.63, 3.8) is 0 Å². The Morgan fingerprint density at radius 3 is 2.65 bits per heavy atom. The van der Waals surface area contributed by atoms with Gasteiger partial charge in [-0.05, 0) is 49.4 Å². The first-order valence-electron chi connectivity index (χ1n) is 8.35. The lowest BCUT2D eigenvalue weighted by atomic mass is 10.1. The fourth-order valence-electron chi connectivity index (χ4n) is 2.84. The summed E-state index contributed by atoms with van der Waals surface area (Å²) in [6, 6.07) is 11.6. The number of ether oxygens (including phenoxy) is 1. The van der Waals surface area contributed by atoms with E-state index in [2.05, 4.69) is 10.6 Å². The number of pyridine rings is 1. The molecule has 0 spiro atoms. The van der Waals surface area contributed by atoms with Crippen molar-refractivity contribution >= 4 is 51.5 Å². The topological polar surface area (TPSA) is 66.4 Å². The van der Waals surface area contributed by atoms with Crippen LogP contribution in [0, 0.1) is 0 Å². The first-order chi connectivity index (χ1) is 12.2. The van der Waals surface area contributed by atoms with Crippen LogP contribution in [0.3, 0.4) is 0 Å². The summed E-state index contributed by atoms with van der Waals surface area (Å²) in [6.07, 6.45) is 0.947. The van der Waals surface area contributed by atoms with E-state index in [1.54, 1.807) is 7.11 Å². The van der Waals surface area contributed by atoms with Crippen LogP contribution in [0.4, 0.5) is 5.69 Å². The Bertz CT molecular complexity index is 874. The number of methoxy groups -OCH3 is 1. The molecule has 26 heavy (non-hydrogen) atoms. The van der Waals surface area contributed by atoms with E-state index >= 15 is 0 Å². The van der Waals surface area contributed by atoms with Gasteiger partial charge in [0.25, 0.3) is 0 Å². The molecule has 5 nitrogen and oxygen atoms in total. The summed E-state index contributed by atoms with van der Waals surface area (Å²) in [5.74, 6) is 0.801. The second kappa shape index (κ2) is 9.78. The van der Waals surface area contributed by atoms with Crippen molar-refractivity contribution < 1.29 is 9.84 Å². The van der Waals surface area contributed by atoms with Gasteiger partial charge in [0.1, 0.15) is 5.75 Å². The second-order valence-electron chi connectivity index (χ2n) is 5.79. The molecule has 0 saturated carbocycles. The molecule has 3 aromatic rings. The minimum atomic E-state index is 0. The third kappa shape index (κ3) is 4.68. The summed E-state index contributed by atoms with van der Waals surface area (Å²) in [5.41, 5.74) is 2.81. The molecule has 0 bridgehead atoms. The smallest absolute Gasteiger partial charge is 0.119 e. The molecule has 1 heterocycles. The van der Waals surface area contributed by atoms with Crippen LogP contribution in [-0.4, -0.2) is 43.4 Å². The number of hydrogen-bond acceptors (Lipinski definition) is 5. The van der Waals surface area contributed by atoms with Crippen LogP contribution in [0.2, 0.25) is 5.02 Å². The number of aliphatic hydroxyl groups is 1. The number of nitrogens with one attached hydrogen (secondary N) is 2. The first-order valence-corrected chi connectivity index (χ1v) is 8.73. The van der Waals surface area contributed by atoms with Crippen LogP contribution in [-0.2, 0) is 0 Å². The van der Waals surface area contributed by atoms with Crippen molar-refractivity contribution in [2.45, 2.75) is 6.42 Å². The Morgan fingerprint density at radius 1 is 1.04 bits per heavy atom. The van der Waals surface area contributed by atoms with Gasteiger partial charge in [-0.1, -0.05) is 11.6 Å². The molecule has 1 aromatic heterocycles. The molecule has 0 radical (unpaired) electrons. The monoisotopic (exact) mass is 395 g/mol. The van der Waals surface area contributed by atoms with Crippen LogP contribution >= 0.6 is 24.0 Å². The van der Waals surface area contributed by atoms with Crippen molar-refractivity contribution in [3.05, 3.63) is 41.4 Å². The summed E-state index contributed by atoms with van der Waals surface area (Å²) >= 11 is 6.14. The molecule has 0 unspecified atom stereocenters. The normalized spacial score (nSPS) is 10.7. The van der Waals surface area contributed by atoms with E-state index < -0.39 is 0 Å². The predicted octanol–water partition coefficient (Wildman–Crippen LogP) is 3.86. The van der Waals surface area contributed by atoms with E-state index in [1.807, 2.05) is 36.4 Å². The molecule has 0 atom stereocenters. The van der Waals surface area contributed by atoms with E-state index in [9.17, 15) is 0 Å². The van der Waals surface area contributed by atoms with Crippen molar-refractivity contribution in [3.8, 4) is 5.75 Å². The van der Waals surface area contributed by atoms with Gasteiger partial charge in [-0.15, -0.1) is 12.4 Å². The van der Waals surface area contributed by atoms with E-state index in [-0.39, 0.29) is 19.0 Å². The number of aliphatic hydroxyl groups excluding tert-OH is 1. The fourth-order valence-corrected chi connectivity index (χ4v) is 3.01. The average Bonchev–Trinajstić information content (AvgIpc) is 2.63. The minimum Gasteiger partial charge on any atom is -0.497 e. The van der Waals surface area contributed by atoms with Gasteiger partial charge in [0.15, 0.2) is 0 Å². The Kier molecular flexibility index (Phi) is 7.72. The molecule has 3 N–H and O–H groups in total. The van der Waals surface area contributed by atoms with Crippen molar-refractivity contribution in [1.29, 1.82) is 0 Å². The summed E-state index contributed by atoms with van der Waals surface area (Å²) in [4.78, 5) is 4.72. The van der Waals surface area contributed by atoms with Gasteiger partial charge < -0.3 is 20.5 Å². The summed E-state index contributed by atoms with van der Waals surface area (Å²) in [5, 5.41) is 18.3. The number of fused-ring (bicyclic) bond motifs is 2. The van der Waals surface area contributed by atoms with E-state index in [4.69, 9.17) is 26.4 Å². The Hall–Kier alpha value is -1.79.